The highest BCUT2D eigenvalue weighted by Gasteiger charge is 2.38. The lowest BCUT2D eigenvalue weighted by Crippen LogP contribution is -2.52. The highest BCUT2D eigenvalue weighted by molar-refractivity contribution is 5.40. The third-order valence-electron chi connectivity index (χ3n) is 3.83. The first kappa shape index (κ1) is 12.4. The Bertz CT molecular complexity index is 370. The van der Waals surface area contributed by atoms with Crippen LogP contribution in [0.1, 0.15) is 18.4 Å². The molecule has 0 amide bonds. The quantitative estimate of drug-likeness (QED) is 0.863. The average Bonchev–Trinajstić information content (AvgIpc) is 2.39. The Morgan fingerprint density at radius 1 is 1.29 bits per heavy atom. The number of rotatable bonds is 3. The summed E-state index contributed by atoms with van der Waals surface area (Å²) in [5.41, 5.74) is 1.35. The van der Waals surface area contributed by atoms with Crippen LogP contribution in [0.25, 0.3) is 0 Å². The Morgan fingerprint density at radius 3 is 2.65 bits per heavy atom. The number of benzene rings is 1. The minimum absolute atomic E-state index is 0.0604. The fraction of sp³-hybridized carbons (Fsp3) is 0.571. The summed E-state index contributed by atoms with van der Waals surface area (Å²) < 4.78 is 5.52. The molecule has 0 saturated carbocycles. The summed E-state index contributed by atoms with van der Waals surface area (Å²) >= 11 is 0. The molecule has 3 nitrogen and oxygen atoms in total. The zero-order chi connectivity index (χ0) is 12.3. The molecule has 1 saturated heterocycles. The minimum Gasteiger partial charge on any atom is -0.496 e. The summed E-state index contributed by atoms with van der Waals surface area (Å²) in [6, 6.07) is 8.36. The lowest BCUT2D eigenvalue weighted by Gasteiger charge is -2.44. The maximum atomic E-state index is 5.52. The average molecular weight is 234 g/mol. The van der Waals surface area contributed by atoms with Crippen molar-refractivity contribution in [1.82, 2.24) is 10.2 Å². The van der Waals surface area contributed by atoms with Crippen molar-refractivity contribution in [1.29, 1.82) is 0 Å². The van der Waals surface area contributed by atoms with Crippen molar-refractivity contribution in [2.75, 3.05) is 34.3 Å². The van der Waals surface area contributed by atoms with E-state index in [2.05, 4.69) is 42.5 Å². The number of nitrogens with one attached hydrogen (secondary N) is 1. The lowest BCUT2D eigenvalue weighted by atomic mass is 9.81. The largest absolute Gasteiger partial charge is 0.496 e. The van der Waals surface area contributed by atoms with E-state index in [4.69, 9.17) is 4.74 Å². The Kier molecular flexibility index (Phi) is 3.69. The van der Waals surface area contributed by atoms with Gasteiger partial charge in [-0.1, -0.05) is 18.2 Å². The van der Waals surface area contributed by atoms with E-state index >= 15 is 0 Å². The van der Waals surface area contributed by atoms with Crippen molar-refractivity contribution in [3.8, 4) is 5.75 Å². The smallest absolute Gasteiger partial charge is 0.123 e. The molecule has 0 spiro atoms. The van der Waals surface area contributed by atoms with E-state index in [1.807, 2.05) is 6.07 Å². The normalized spacial score (nSPS) is 24.9. The Hall–Kier alpha value is -1.06. The van der Waals surface area contributed by atoms with Crippen LogP contribution in [-0.2, 0) is 5.54 Å². The molecule has 0 aliphatic carbocycles. The number of likely N-dealkylation sites (N-methyl/N-ethyl adjacent to an activating group) is 1. The van der Waals surface area contributed by atoms with Crippen molar-refractivity contribution in [2.45, 2.75) is 18.4 Å². The van der Waals surface area contributed by atoms with E-state index in [0.717, 1.165) is 18.8 Å². The standard InChI is InChI=1S/C14H22N2O/c1-16(2)14(9-6-10-15-11-14)12-7-4-5-8-13(12)17-3/h4-5,7-8,15H,6,9-11H2,1-3H3. The minimum atomic E-state index is 0.0604. The van der Waals surface area contributed by atoms with Crippen LogP contribution in [-0.4, -0.2) is 39.2 Å². The Morgan fingerprint density at radius 2 is 2.06 bits per heavy atom. The van der Waals surface area contributed by atoms with Gasteiger partial charge in [0.25, 0.3) is 0 Å². The molecule has 1 fully saturated rings. The van der Waals surface area contributed by atoms with Gasteiger partial charge in [0.05, 0.1) is 12.6 Å². The molecule has 94 valence electrons. The summed E-state index contributed by atoms with van der Waals surface area (Å²) in [7, 11) is 6.05. The fourth-order valence-corrected chi connectivity index (χ4v) is 2.77. The maximum Gasteiger partial charge on any atom is 0.123 e. The van der Waals surface area contributed by atoms with Crippen molar-refractivity contribution in [2.24, 2.45) is 0 Å². The van der Waals surface area contributed by atoms with Crippen LogP contribution >= 0.6 is 0 Å². The van der Waals surface area contributed by atoms with Gasteiger partial charge in [-0.05, 0) is 39.5 Å². The van der Waals surface area contributed by atoms with Crippen LogP contribution < -0.4 is 10.1 Å². The summed E-state index contributed by atoms with van der Waals surface area (Å²) in [5, 5.41) is 3.51. The molecule has 1 unspecified atom stereocenters. The van der Waals surface area contributed by atoms with Crippen LogP contribution in [0.15, 0.2) is 24.3 Å². The second-order valence-corrected chi connectivity index (χ2v) is 4.91. The first-order chi connectivity index (χ1) is 8.20. The highest BCUT2D eigenvalue weighted by Crippen LogP contribution is 2.38. The predicted octanol–water partition coefficient (Wildman–Crippen LogP) is 1.84. The van der Waals surface area contributed by atoms with Gasteiger partial charge >= 0.3 is 0 Å². The lowest BCUT2D eigenvalue weighted by molar-refractivity contribution is 0.110. The number of hydrogen-bond acceptors (Lipinski definition) is 3. The van der Waals surface area contributed by atoms with Gasteiger partial charge < -0.3 is 10.1 Å². The Balaban J connectivity index is 2.44. The third kappa shape index (κ3) is 2.17. The van der Waals surface area contributed by atoms with E-state index in [1.165, 1.54) is 18.4 Å². The van der Waals surface area contributed by atoms with Crippen LogP contribution in [0.4, 0.5) is 0 Å². The zero-order valence-electron chi connectivity index (χ0n) is 11.0. The molecule has 17 heavy (non-hydrogen) atoms. The summed E-state index contributed by atoms with van der Waals surface area (Å²) in [5.74, 6) is 0.991. The molecule has 1 atom stereocenters. The predicted molar refractivity (Wildman–Crippen MR) is 70.5 cm³/mol. The SMILES string of the molecule is COc1ccccc1C1(N(C)C)CCCNC1. The molecular weight excluding hydrogens is 212 g/mol. The second kappa shape index (κ2) is 5.07. The van der Waals surface area contributed by atoms with E-state index in [-0.39, 0.29) is 5.54 Å². The van der Waals surface area contributed by atoms with Gasteiger partial charge in [-0.3, -0.25) is 4.90 Å². The number of nitrogens with zero attached hydrogens (tertiary/aromatic N) is 1. The van der Waals surface area contributed by atoms with Crippen molar-refractivity contribution in [3.63, 3.8) is 0 Å². The van der Waals surface area contributed by atoms with Gasteiger partial charge in [0, 0.05) is 12.1 Å². The molecule has 1 aliphatic rings. The first-order valence-electron chi connectivity index (χ1n) is 6.22. The molecule has 1 aliphatic heterocycles. The molecule has 0 aromatic heterocycles. The highest BCUT2D eigenvalue weighted by atomic mass is 16.5. The molecule has 1 aromatic rings. The van der Waals surface area contributed by atoms with Crippen LogP contribution in [0, 0.1) is 0 Å². The van der Waals surface area contributed by atoms with Gasteiger partial charge in [0.2, 0.25) is 0 Å². The van der Waals surface area contributed by atoms with Crippen LogP contribution in [0.3, 0.4) is 0 Å². The van der Waals surface area contributed by atoms with Gasteiger partial charge in [-0.15, -0.1) is 0 Å². The molecule has 1 aromatic carbocycles. The van der Waals surface area contributed by atoms with E-state index in [1.54, 1.807) is 7.11 Å². The number of ether oxygens (including phenoxy) is 1. The Labute approximate surface area is 104 Å². The van der Waals surface area contributed by atoms with Crippen molar-refractivity contribution in [3.05, 3.63) is 29.8 Å². The van der Waals surface area contributed by atoms with Crippen molar-refractivity contribution < 1.29 is 4.74 Å². The monoisotopic (exact) mass is 234 g/mol. The molecule has 3 heteroatoms. The number of hydrogen-bond donors (Lipinski definition) is 1. The van der Waals surface area contributed by atoms with Gasteiger partial charge in [0.1, 0.15) is 5.75 Å². The topological polar surface area (TPSA) is 24.5 Å². The summed E-state index contributed by atoms with van der Waals surface area (Å²) in [6.45, 7) is 2.10. The first-order valence-corrected chi connectivity index (χ1v) is 6.22. The molecule has 1 heterocycles. The second-order valence-electron chi connectivity index (χ2n) is 4.91. The number of piperidine rings is 1. The maximum absolute atomic E-state index is 5.52. The molecule has 0 bridgehead atoms. The molecule has 2 rings (SSSR count). The number of methoxy groups -OCH3 is 1. The molecule has 0 radical (unpaired) electrons. The van der Waals surface area contributed by atoms with Gasteiger partial charge in [-0.2, -0.15) is 0 Å². The van der Waals surface area contributed by atoms with Crippen molar-refractivity contribution >= 4 is 0 Å². The third-order valence-corrected chi connectivity index (χ3v) is 3.83. The zero-order valence-corrected chi connectivity index (χ0v) is 11.0. The van der Waals surface area contributed by atoms with Crippen LogP contribution in [0.5, 0.6) is 5.75 Å². The van der Waals surface area contributed by atoms with E-state index in [9.17, 15) is 0 Å². The van der Waals surface area contributed by atoms with Crippen LogP contribution in [0.2, 0.25) is 0 Å². The number of para-hydroxylation sites is 1. The molecule has 1 N–H and O–H groups in total. The fourth-order valence-electron chi connectivity index (χ4n) is 2.77. The van der Waals surface area contributed by atoms with E-state index < -0.39 is 0 Å². The van der Waals surface area contributed by atoms with Gasteiger partial charge in [-0.25, -0.2) is 0 Å². The molecular formula is C14H22N2O. The summed E-state index contributed by atoms with van der Waals surface area (Å²) in [6.07, 6.45) is 2.38. The summed E-state index contributed by atoms with van der Waals surface area (Å²) in [4.78, 5) is 2.32. The van der Waals surface area contributed by atoms with Gasteiger partial charge in [0.15, 0.2) is 0 Å². The van der Waals surface area contributed by atoms with E-state index in [0.29, 0.717) is 0 Å².